The van der Waals surface area contributed by atoms with Crippen LogP contribution in [-0.2, 0) is 0 Å². The minimum Gasteiger partial charge on any atom is -0.350 e. The Kier molecular flexibility index (Phi) is 4.22. The quantitative estimate of drug-likeness (QED) is 0.598. The molecule has 1 atom stereocenters. The maximum atomic E-state index is 10.6. The van der Waals surface area contributed by atoms with Gasteiger partial charge in [-0.1, -0.05) is 17.8 Å². The molecule has 3 heteroatoms. The number of hydrogen-bond donors (Lipinski definition) is 1. The van der Waals surface area contributed by atoms with E-state index in [4.69, 9.17) is 0 Å². The Morgan fingerprint density at radius 1 is 1.89 bits per heavy atom. The van der Waals surface area contributed by atoms with Crippen LogP contribution in [0, 0.1) is 0 Å². The second-order valence-electron chi connectivity index (χ2n) is 1.60. The van der Waals surface area contributed by atoms with Crippen LogP contribution in [0.5, 0.6) is 0 Å². The Balaban J connectivity index is 3.46. The van der Waals surface area contributed by atoms with Crippen molar-refractivity contribution in [1.29, 1.82) is 0 Å². The highest BCUT2D eigenvalue weighted by Crippen LogP contribution is 2.10. The fourth-order valence-electron chi connectivity index (χ4n) is 0.276. The fourth-order valence-corrected chi connectivity index (χ4v) is 0.828. The molecule has 0 aromatic heterocycles. The van der Waals surface area contributed by atoms with Gasteiger partial charge in [-0.3, -0.25) is 4.79 Å². The zero-order valence-corrected chi connectivity index (χ0v) is 6.49. The molecule has 2 nitrogen and oxygen atoms in total. The maximum Gasteiger partial charge on any atom is 0.279 e. The Labute approximate surface area is 59.7 Å². The summed E-state index contributed by atoms with van der Waals surface area (Å²) in [7, 11) is 1.62. The van der Waals surface area contributed by atoms with Crippen LogP contribution in [0.3, 0.4) is 0 Å². The molecule has 0 saturated heterocycles. The third-order valence-corrected chi connectivity index (χ3v) is 1.81. The second-order valence-corrected chi connectivity index (χ2v) is 2.95. The van der Waals surface area contributed by atoms with Gasteiger partial charge >= 0.3 is 0 Å². The molecule has 9 heavy (non-hydrogen) atoms. The van der Waals surface area contributed by atoms with E-state index in [0.29, 0.717) is 0 Å². The van der Waals surface area contributed by atoms with Crippen molar-refractivity contribution in [2.24, 2.45) is 0 Å². The minimum atomic E-state index is -0.0117. The summed E-state index contributed by atoms with van der Waals surface area (Å²) < 4.78 is 0. The molecule has 0 saturated carbocycles. The Morgan fingerprint density at radius 2 is 2.44 bits per heavy atom. The van der Waals surface area contributed by atoms with Gasteiger partial charge in [0.25, 0.3) is 5.24 Å². The standard InChI is InChI=1S/C6H11NOS/c1-4-5(2)9-6(8)7-3/h4-5H,1H2,2-3H3,(H,7,8). The van der Waals surface area contributed by atoms with Gasteiger partial charge < -0.3 is 5.32 Å². The monoisotopic (exact) mass is 145 g/mol. The third kappa shape index (κ3) is 4.09. The van der Waals surface area contributed by atoms with E-state index in [2.05, 4.69) is 11.9 Å². The van der Waals surface area contributed by atoms with Gasteiger partial charge in [0.15, 0.2) is 0 Å². The van der Waals surface area contributed by atoms with Crippen LogP contribution < -0.4 is 5.32 Å². The van der Waals surface area contributed by atoms with E-state index >= 15 is 0 Å². The van der Waals surface area contributed by atoms with Crippen LogP contribution in [0.15, 0.2) is 12.7 Å². The summed E-state index contributed by atoms with van der Waals surface area (Å²) in [6.07, 6.45) is 1.74. The highest BCUT2D eigenvalue weighted by molar-refractivity contribution is 8.14. The molecule has 1 amide bonds. The third-order valence-electron chi connectivity index (χ3n) is 0.829. The van der Waals surface area contributed by atoms with Crippen molar-refractivity contribution in [3.63, 3.8) is 0 Å². The Bertz CT molecular complexity index is 114. The molecule has 0 bridgehead atoms. The molecule has 0 aliphatic rings. The average Bonchev–Trinajstić information content (AvgIpc) is 1.87. The van der Waals surface area contributed by atoms with Gasteiger partial charge in [0.05, 0.1) is 0 Å². The minimum absolute atomic E-state index is 0.0117. The van der Waals surface area contributed by atoms with E-state index in [0.717, 1.165) is 0 Å². The van der Waals surface area contributed by atoms with E-state index in [-0.39, 0.29) is 10.5 Å². The van der Waals surface area contributed by atoms with Crippen LogP contribution >= 0.6 is 11.8 Å². The van der Waals surface area contributed by atoms with Crippen molar-refractivity contribution in [2.75, 3.05) is 7.05 Å². The summed E-state index contributed by atoms with van der Waals surface area (Å²) in [4.78, 5) is 10.6. The largest absolute Gasteiger partial charge is 0.350 e. The smallest absolute Gasteiger partial charge is 0.279 e. The summed E-state index contributed by atoms with van der Waals surface area (Å²) in [5.74, 6) is 0. The number of carbonyl (C=O) groups is 1. The van der Waals surface area contributed by atoms with Gasteiger partial charge in [0.2, 0.25) is 0 Å². The van der Waals surface area contributed by atoms with E-state index in [1.807, 2.05) is 6.92 Å². The molecule has 0 aliphatic heterocycles. The van der Waals surface area contributed by atoms with E-state index in [1.165, 1.54) is 11.8 Å². The highest BCUT2D eigenvalue weighted by Gasteiger charge is 2.02. The summed E-state index contributed by atoms with van der Waals surface area (Å²) in [6.45, 7) is 5.47. The number of carbonyl (C=O) groups excluding carboxylic acids is 1. The van der Waals surface area contributed by atoms with Crippen LogP contribution in [0.2, 0.25) is 0 Å². The maximum absolute atomic E-state index is 10.6. The first-order valence-electron chi connectivity index (χ1n) is 2.71. The zero-order chi connectivity index (χ0) is 7.28. The van der Waals surface area contributed by atoms with Crippen LogP contribution in [-0.4, -0.2) is 17.5 Å². The van der Waals surface area contributed by atoms with Crippen molar-refractivity contribution in [1.82, 2.24) is 5.32 Å². The summed E-state index contributed by atoms with van der Waals surface area (Å²) in [5, 5.41) is 2.69. The van der Waals surface area contributed by atoms with Crippen molar-refractivity contribution in [3.05, 3.63) is 12.7 Å². The molecule has 52 valence electrons. The summed E-state index contributed by atoms with van der Waals surface area (Å²) in [6, 6.07) is 0. The molecular formula is C6H11NOS. The van der Waals surface area contributed by atoms with Crippen molar-refractivity contribution in [3.8, 4) is 0 Å². The van der Waals surface area contributed by atoms with Crippen molar-refractivity contribution < 1.29 is 4.79 Å². The summed E-state index contributed by atoms with van der Waals surface area (Å²) in [5.41, 5.74) is 0. The summed E-state index contributed by atoms with van der Waals surface area (Å²) >= 11 is 1.23. The number of nitrogens with one attached hydrogen (secondary N) is 1. The fraction of sp³-hybridized carbons (Fsp3) is 0.500. The molecule has 0 fully saturated rings. The number of thioether (sulfide) groups is 1. The topological polar surface area (TPSA) is 29.1 Å². The van der Waals surface area contributed by atoms with E-state index in [1.54, 1.807) is 13.1 Å². The molecule has 0 aromatic rings. The molecule has 0 rings (SSSR count). The van der Waals surface area contributed by atoms with Crippen molar-refractivity contribution in [2.45, 2.75) is 12.2 Å². The lowest BCUT2D eigenvalue weighted by Gasteiger charge is -2.01. The SMILES string of the molecule is C=CC(C)SC(=O)NC. The van der Waals surface area contributed by atoms with Crippen LogP contribution in [0.25, 0.3) is 0 Å². The molecule has 0 spiro atoms. The van der Waals surface area contributed by atoms with E-state index in [9.17, 15) is 4.79 Å². The zero-order valence-electron chi connectivity index (χ0n) is 5.68. The first kappa shape index (κ1) is 8.56. The predicted octanol–water partition coefficient (Wildman–Crippen LogP) is 1.63. The Hall–Kier alpha value is -0.440. The lowest BCUT2D eigenvalue weighted by atomic mass is 10.5. The lowest BCUT2D eigenvalue weighted by Crippen LogP contribution is -2.13. The van der Waals surface area contributed by atoms with E-state index < -0.39 is 0 Å². The van der Waals surface area contributed by atoms with Gasteiger partial charge in [-0.25, -0.2) is 0 Å². The van der Waals surface area contributed by atoms with Gasteiger partial charge in [-0.2, -0.15) is 0 Å². The predicted molar refractivity (Wildman–Crippen MR) is 41.7 cm³/mol. The first-order valence-corrected chi connectivity index (χ1v) is 3.59. The van der Waals surface area contributed by atoms with Crippen LogP contribution in [0.1, 0.15) is 6.92 Å². The Morgan fingerprint density at radius 3 is 2.78 bits per heavy atom. The van der Waals surface area contributed by atoms with Gasteiger partial charge in [0, 0.05) is 12.3 Å². The lowest BCUT2D eigenvalue weighted by molar-refractivity contribution is 0.262. The molecular weight excluding hydrogens is 134 g/mol. The number of amides is 1. The van der Waals surface area contributed by atoms with Crippen LogP contribution in [0.4, 0.5) is 4.79 Å². The molecule has 0 heterocycles. The first-order chi connectivity index (χ1) is 4.20. The van der Waals surface area contributed by atoms with Gasteiger partial charge in [0.1, 0.15) is 0 Å². The average molecular weight is 145 g/mol. The molecule has 0 aliphatic carbocycles. The molecule has 0 aromatic carbocycles. The van der Waals surface area contributed by atoms with Crippen molar-refractivity contribution >= 4 is 17.0 Å². The number of hydrogen-bond acceptors (Lipinski definition) is 2. The molecule has 1 unspecified atom stereocenters. The van der Waals surface area contributed by atoms with Gasteiger partial charge in [-0.15, -0.1) is 6.58 Å². The highest BCUT2D eigenvalue weighted by atomic mass is 32.2. The van der Waals surface area contributed by atoms with Gasteiger partial charge in [-0.05, 0) is 6.92 Å². The normalized spacial score (nSPS) is 12.2. The molecule has 0 radical (unpaired) electrons. The molecule has 1 N–H and O–H groups in total. The second kappa shape index (κ2) is 4.44. The number of rotatable bonds is 2.